The standard InChI is InChI=1S/C25H28N4O3S/c1-30-21-13-19(14-22(31-2)23(21)32-3)24-27-28-25(29(24)20-11-5-4-6-12-20)33-16-18-10-8-7-9-17(18)15-26/h7-10,13-14,20H,4-6,11-12,16H2,1-3H3. The van der Waals surface area contributed by atoms with E-state index >= 15 is 0 Å². The van der Waals surface area contributed by atoms with Crippen molar-refractivity contribution in [2.45, 2.75) is 49.1 Å². The summed E-state index contributed by atoms with van der Waals surface area (Å²) in [5.74, 6) is 3.17. The minimum Gasteiger partial charge on any atom is -0.493 e. The molecule has 0 radical (unpaired) electrons. The van der Waals surface area contributed by atoms with E-state index in [4.69, 9.17) is 14.2 Å². The number of hydrogen-bond acceptors (Lipinski definition) is 7. The van der Waals surface area contributed by atoms with Gasteiger partial charge in [0.1, 0.15) is 0 Å². The number of aromatic nitrogens is 3. The first-order valence-corrected chi connectivity index (χ1v) is 12.0. The summed E-state index contributed by atoms with van der Waals surface area (Å²) in [6, 6.07) is 14.1. The molecule has 3 aromatic rings. The van der Waals surface area contributed by atoms with Gasteiger partial charge in [-0.3, -0.25) is 4.57 Å². The first kappa shape index (κ1) is 23.0. The van der Waals surface area contributed by atoms with Crippen molar-refractivity contribution in [3.8, 4) is 34.7 Å². The van der Waals surface area contributed by atoms with E-state index in [9.17, 15) is 5.26 Å². The van der Waals surface area contributed by atoms with E-state index in [-0.39, 0.29) is 0 Å². The van der Waals surface area contributed by atoms with Gasteiger partial charge in [0.25, 0.3) is 0 Å². The molecule has 172 valence electrons. The normalized spacial score (nSPS) is 14.0. The van der Waals surface area contributed by atoms with Crippen LogP contribution in [0.25, 0.3) is 11.4 Å². The highest BCUT2D eigenvalue weighted by molar-refractivity contribution is 7.98. The van der Waals surface area contributed by atoms with Gasteiger partial charge in [-0.2, -0.15) is 5.26 Å². The van der Waals surface area contributed by atoms with E-state index in [1.165, 1.54) is 19.3 Å². The third-order valence-electron chi connectivity index (χ3n) is 6.02. The Morgan fingerprint density at radius 3 is 2.33 bits per heavy atom. The predicted molar refractivity (Wildman–Crippen MR) is 128 cm³/mol. The summed E-state index contributed by atoms with van der Waals surface area (Å²) >= 11 is 1.62. The molecule has 2 aromatic carbocycles. The van der Waals surface area contributed by atoms with E-state index in [2.05, 4.69) is 20.8 Å². The molecule has 1 saturated carbocycles. The van der Waals surface area contributed by atoms with Gasteiger partial charge in [0.15, 0.2) is 22.5 Å². The molecule has 4 rings (SSSR count). The Morgan fingerprint density at radius 2 is 1.70 bits per heavy atom. The largest absolute Gasteiger partial charge is 0.493 e. The van der Waals surface area contributed by atoms with Crippen molar-refractivity contribution in [3.63, 3.8) is 0 Å². The molecule has 1 heterocycles. The van der Waals surface area contributed by atoms with Crippen molar-refractivity contribution in [2.24, 2.45) is 0 Å². The van der Waals surface area contributed by atoms with Gasteiger partial charge in [0.05, 0.1) is 33.0 Å². The summed E-state index contributed by atoms with van der Waals surface area (Å²) in [6.07, 6.45) is 5.84. The maximum Gasteiger partial charge on any atom is 0.203 e. The maximum atomic E-state index is 9.44. The van der Waals surface area contributed by atoms with Gasteiger partial charge in [0, 0.05) is 17.4 Å². The molecule has 0 amide bonds. The first-order valence-electron chi connectivity index (χ1n) is 11.1. The van der Waals surface area contributed by atoms with Crippen LogP contribution in [0.3, 0.4) is 0 Å². The highest BCUT2D eigenvalue weighted by atomic mass is 32.2. The van der Waals surface area contributed by atoms with Gasteiger partial charge in [-0.15, -0.1) is 10.2 Å². The fraction of sp³-hybridized carbons (Fsp3) is 0.400. The lowest BCUT2D eigenvalue weighted by Crippen LogP contribution is -2.15. The van der Waals surface area contributed by atoms with Crippen molar-refractivity contribution < 1.29 is 14.2 Å². The Labute approximate surface area is 198 Å². The van der Waals surface area contributed by atoms with Crippen LogP contribution in [0.4, 0.5) is 0 Å². The summed E-state index contributed by atoms with van der Waals surface area (Å²) in [5.41, 5.74) is 2.56. The summed E-state index contributed by atoms with van der Waals surface area (Å²) in [6.45, 7) is 0. The maximum absolute atomic E-state index is 9.44. The number of ether oxygens (including phenoxy) is 3. The Morgan fingerprint density at radius 1 is 1.00 bits per heavy atom. The van der Waals surface area contributed by atoms with Crippen LogP contribution in [0.15, 0.2) is 41.6 Å². The van der Waals surface area contributed by atoms with Crippen molar-refractivity contribution in [1.29, 1.82) is 5.26 Å². The predicted octanol–water partition coefficient (Wildman–Crippen LogP) is 5.64. The molecule has 7 nitrogen and oxygen atoms in total. The van der Waals surface area contributed by atoms with Crippen molar-refractivity contribution in [2.75, 3.05) is 21.3 Å². The van der Waals surface area contributed by atoms with Crippen LogP contribution >= 0.6 is 11.8 Å². The lowest BCUT2D eigenvalue weighted by atomic mass is 9.95. The summed E-state index contributed by atoms with van der Waals surface area (Å²) in [5, 5.41) is 19.5. The SMILES string of the molecule is COc1cc(-c2nnc(SCc3ccccc3C#N)n2C2CCCCC2)cc(OC)c1OC. The molecule has 1 fully saturated rings. The molecule has 8 heteroatoms. The molecule has 1 aliphatic carbocycles. The smallest absolute Gasteiger partial charge is 0.203 e. The van der Waals surface area contributed by atoms with E-state index in [0.29, 0.717) is 34.6 Å². The van der Waals surface area contributed by atoms with E-state index in [1.807, 2.05) is 36.4 Å². The fourth-order valence-electron chi connectivity index (χ4n) is 4.35. The Kier molecular flexibility index (Phi) is 7.40. The third kappa shape index (κ3) is 4.79. The first-order chi connectivity index (χ1) is 16.2. The zero-order valence-electron chi connectivity index (χ0n) is 19.2. The van der Waals surface area contributed by atoms with Gasteiger partial charge in [-0.05, 0) is 36.6 Å². The minimum absolute atomic E-state index is 0.330. The highest BCUT2D eigenvalue weighted by Gasteiger charge is 2.26. The van der Waals surface area contributed by atoms with Crippen LogP contribution in [0.1, 0.15) is 49.3 Å². The Balaban J connectivity index is 1.75. The van der Waals surface area contributed by atoms with Crippen LogP contribution in [0, 0.1) is 11.3 Å². The van der Waals surface area contributed by atoms with Crippen LogP contribution in [0.5, 0.6) is 17.2 Å². The summed E-state index contributed by atoms with van der Waals surface area (Å²) in [4.78, 5) is 0. The summed E-state index contributed by atoms with van der Waals surface area (Å²) in [7, 11) is 4.82. The van der Waals surface area contributed by atoms with Crippen molar-refractivity contribution in [1.82, 2.24) is 14.8 Å². The van der Waals surface area contributed by atoms with Crippen molar-refractivity contribution in [3.05, 3.63) is 47.5 Å². The van der Waals surface area contributed by atoms with Gasteiger partial charge in [0.2, 0.25) is 5.75 Å². The number of benzene rings is 2. The quantitative estimate of drug-likeness (QED) is 0.399. The van der Waals surface area contributed by atoms with Gasteiger partial charge >= 0.3 is 0 Å². The van der Waals surface area contributed by atoms with Gasteiger partial charge in [-0.25, -0.2) is 0 Å². The van der Waals surface area contributed by atoms with Gasteiger partial charge < -0.3 is 14.2 Å². The Hall–Kier alpha value is -3.18. The van der Waals surface area contributed by atoms with E-state index in [0.717, 1.165) is 34.9 Å². The molecule has 0 N–H and O–H groups in total. The number of hydrogen-bond donors (Lipinski definition) is 0. The third-order valence-corrected chi connectivity index (χ3v) is 7.01. The monoisotopic (exact) mass is 464 g/mol. The number of rotatable bonds is 8. The zero-order valence-corrected chi connectivity index (χ0v) is 20.0. The van der Waals surface area contributed by atoms with Crippen molar-refractivity contribution >= 4 is 11.8 Å². The molecule has 33 heavy (non-hydrogen) atoms. The molecule has 1 aliphatic rings. The molecule has 0 aliphatic heterocycles. The van der Waals surface area contributed by atoms with Crippen LogP contribution in [0.2, 0.25) is 0 Å². The molecular weight excluding hydrogens is 436 g/mol. The minimum atomic E-state index is 0.330. The number of nitrogens with zero attached hydrogens (tertiary/aromatic N) is 4. The van der Waals surface area contributed by atoms with Crippen LogP contribution < -0.4 is 14.2 Å². The average Bonchev–Trinajstić information content (AvgIpc) is 3.31. The van der Waals surface area contributed by atoms with E-state index < -0.39 is 0 Å². The lowest BCUT2D eigenvalue weighted by molar-refractivity contribution is 0.324. The number of methoxy groups -OCH3 is 3. The second kappa shape index (κ2) is 10.6. The topological polar surface area (TPSA) is 82.2 Å². The lowest BCUT2D eigenvalue weighted by Gasteiger charge is -2.26. The summed E-state index contributed by atoms with van der Waals surface area (Å²) < 4.78 is 18.9. The second-order valence-electron chi connectivity index (χ2n) is 7.94. The number of thioether (sulfide) groups is 1. The molecule has 0 unspecified atom stereocenters. The van der Waals surface area contributed by atoms with Crippen LogP contribution in [-0.4, -0.2) is 36.1 Å². The molecule has 0 saturated heterocycles. The Bertz CT molecular complexity index is 1120. The van der Waals surface area contributed by atoms with Gasteiger partial charge in [-0.1, -0.05) is 49.2 Å². The fourth-order valence-corrected chi connectivity index (χ4v) is 5.36. The molecular formula is C25H28N4O3S. The molecule has 0 spiro atoms. The molecule has 0 atom stereocenters. The van der Waals surface area contributed by atoms with E-state index in [1.54, 1.807) is 33.1 Å². The highest BCUT2D eigenvalue weighted by Crippen LogP contribution is 2.43. The second-order valence-corrected chi connectivity index (χ2v) is 8.88. The molecule has 1 aromatic heterocycles. The number of nitriles is 1. The zero-order chi connectivity index (χ0) is 23.2. The molecule has 0 bridgehead atoms. The average molecular weight is 465 g/mol. The van der Waals surface area contributed by atoms with Crippen LogP contribution in [-0.2, 0) is 5.75 Å².